The lowest BCUT2D eigenvalue weighted by molar-refractivity contribution is 0.456. The number of nitrogens with one attached hydrogen (secondary N) is 2. The van der Waals surface area contributed by atoms with Gasteiger partial charge in [-0.25, -0.2) is 4.98 Å². The predicted octanol–water partition coefficient (Wildman–Crippen LogP) is 3.16. The summed E-state index contributed by atoms with van der Waals surface area (Å²) < 4.78 is 0. The van der Waals surface area contributed by atoms with Crippen LogP contribution in [0.25, 0.3) is 0 Å². The number of anilines is 1. The van der Waals surface area contributed by atoms with Gasteiger partial charge in [0.2, 0.25) is 0 Å². The van der Waals surface area contributed by atoms with Crippen LogP contribution in [0, 0.1) is 5.92 Å². The molecule has 0 aromatic carbocycles. The first-order valence-electron chi connectivity index (χ1n) is 9.40. The molecule has 1 aliphatic rings. The number of pyridine rings is 1. The van der Waals surface area contributed by atoms with E-state index < -0.39 is 0 Å². The highest BCUT2D eigenvalue weighted by atomic mass is 32.1. The molecule has 0 amide bonds. The van der Waals surface area contributed by atoms with Gasteiger partial charge in [0.05, 0.1) is 0 Å². The van der Waals surface area contributed by atoms with Crippen LogP contribution in [0.4, 0.5) is 5.82 Å². The first kappa shape index (κ1) is 18.7. The van der Waals surface area contributed by atoms with Crippen LogP contribution in [-0.2, 0) is 6.42 Å². The van der Waals surface area contributed by atoms with Crippen molar-refractivity contribution in [3.63, 3.8) is 0 Å². The highest BCUT2D eigenvalue weighted by Crippen LogP contribution is 2.17. The zero-order valence-electron chi connectivity index (χ0n) is 15.7. The van der Waals surface area contributed by atoms with Crippen LogP contribution in [0.1, 0.15) is 24.6 Å². The number of hydrogen-bond donors (Lipinski definition) is 2. The van der Waals surface area contributed by atoms with Gasteiger partial charge < -0.3 is 15.5 Å². The second-order valence-corrected chi connectivity index (χ2v) is 7.97. The van der Waals surface area contributed by atoms with Crippen molar-refractivity contribution in [3.8, 4) is 0 Å². The minimum atomic E-state index is 0.466. The van der Waals surface area contributed by atoms with Crippen molar-refractivity contribution < 1.29 is 0 Å². The molecule has 3 rings (SSSR count). The van der Waals surface area contributed by atoms with E-state index in [0.717, 1.165) is 50.7 Å². The standard InChI is InChI=1S/C20H29N5S/c1-16(14-18-6-5-13-26-18)15-23-20(21-2)24-17-8-11-25(12-9-17)19-7-3-4-10-22-19/h3-7,10,13,16-17H,8-9,11-12,14-15H2,1-2H3,(H2,21,23,24). The Morgan fingerprint density at radius 1 is 1.31 bits per heavy atom. The molecule has 0 aliphatic carbocycles. The van der Waals surface area contributed by atoms with Crippen LogP contribution in [-0.4, -0.2) is 43.7 Å². The van der Waals surface area contributed by atoms with Crippen molar-refractivity contribution in [3.05, 3.63) is 46.8 Å². The first-order chi connectivity index (χ1) is 12.7. The third-order valence-corrected chi connectivity index (χ3v) is 5.68. The molecule has 0 spiro atoms. The Labute approximate surface area is 160 Å². The maximum Gasteiger partial charge on any atom is 0.191 e. The summed E-state index contributed by atoms with van der Waals surface area (Å²) in [6, 6.07) is 10.9. The van der Waals surface area contributed by atoms with E-state index in [4.69, 9.17) is 0 Å². The van der Waals surface area contributed by atoms with Gasteiger partial charge in [-0.3, -0.25) is 4.99 Å². The summed E-state index contributed by atoms with van der Waals surface area (Å²) in [6.07, 6.45) is 5.18. The largest absolute Gasteiger partial charge is 0.356 e. The molecular weight excluding hydrogens is 342 g/mol. The molecule has 6 heteroatoms. The Morgan fingerprint density at radius 3 is 2.81 bits per heavy atom. The van der Waals surface area contributed by atoms with E-state index >= 15 is 0 Å². The summed E-state index contributed by atoms with van der Waals surface area (Å²) in [5.74, 6) is 2.58. The van der Waals surface area contributed by atoms with Crippen molar-refractivity contribution in [1.29, 1.82) is 0 Å². The number of aromatic nitrogens is 1. The molecule has 1 atom stereocenters. The molecule has 2 aromatic heterocycles. The molecule has 2 N–H and O–H groups in total. The highest BCUT2D eigenvalue weighted by Gasteiger charge is 2.20. The van der Waals surface area contributed by atoms with Gasteiger partial charge in [-0.15, -0.1) is 11.3 Å². The first-order valence-corrected chi connectivity index (χ1v) is 10.3. The molecule has 3 heterocycles. The molecule has 1 saturated heterocycles. The minimum Gasteiger partial charge on any atom is -0.356 e. The van der Waals surface area contributed by atoms with Crippen LogP contribution < -0.4 is 15.5 Å². The second kappa shape index (κ2) is 9.57. The SMILES string of the molecule is CN=C(NCC(C)Cc1cccs1)NC1CCN(c2ccccn2)CC1. The van der Waals surface area contributed by atoms with E-state index in [1.54, 1.807) is 0 Å². The molecule has 5 nitrogen and oxygen atoms in total. The fraction of sp³-hybridized carbons (Fsp3) is 0.500. The number of hydrogen-bond acceptors (Lipinski definition) is 4. The Morgan fingerprint density at radius 2 is 2.15 bits per heavy atom. The van der Waals surface area contributed by atoms with E-state index in [9.17, 15) is 0 Å². The van der Waals surface area contributed by atoms with E-state index in [0.29, 0.717) is 12.0 Å². The van der Waals surface area contributed by atoms with E-state index in [1.165, 1.54) is 4.88 Å². The normalized spacial score (nSPS) is 17.2. The van der Waals surface area contributed by atoms with Crippen molar-refractivity contribution in [1.82, 2.24) is 15.6 Å². The quantitative estimate of drug-likeness (QED) is 0.605. The molecule has 140 valence electrons. The zero-order chi connectivity index (χ0) is 18.2. The third-order valence-electron chi connectivity index (χ3n) is 4.78. The molecule has 2 aromatic rings. The Kier molecular flexibility index (Phi) is 6.89. The number of guanidine groups is 1. The van der Waals surface area contributed by atoms with Gasteiger partial charge in [0.15, 0.2) is 5.96 Å². The lowest BCUT2D eigenvalue weighted by Crippen LogP contribution is -2.49. The molecular formula is C20H29N5S. The van der Waals surface area contributed by atoms with Gasteiger partial charge in [0, 0.05) is 43.8 Å². The molecule has 0 saturated carbocycles. The van der Waals surface area contributed by atoms with Gasteiger partial charge >= 0.3 is 0 Å². The zero-order valence-corrected chi connectivity index (χ0v) is 16.5. The van der Waals surface area contributed by atoms with Gasteiger partial charge in [-0.1, -0.05) is 19.1 Å². The number of rotatable bonds is 6. The van der Waals surface area contributed by atoms with Crippen LogP contribution in [0.2, 0.25) is 0 Å². The maximum atomic E-state index is 4.45. The van der Waals surface area contributed by atoms with Crippen LogP contribution >= 0.6 is 11.3 Å². The van der Waals surface area contributed by atoms with Crippen molar-refractivity contribution in [2.75, 3.05) is 31.6 Å². The number of aliphatic imine (C=N–C) groups is 1. The Balaban J connectivity index is 1.40. The lowest BCUT2D eigenvalue weighted by Gasteiger charge is -2.33. The van der Waals surface area contributed by atoms with Gasteiger partial charge in [0.1, 0.15) is 5.82 Å². The van der Waals surface area contributed by atoms with Gasteiger partial charge in [0.25, 0.3) is 0 Å². The molecule has 1 aliphatic heterocycles. The Bertz CT molecular complexity index is 663. The van der Waals surface area contributed by atoms with E-state index in [-0.39, 0.29) is 0 Å². The number of piperidine rings is 1. The predicted molar refractivity (Wildman–Crippen MR) is 111 cm³/mol. The van der Waals surface area contributed by atoms with Crippen LogP contribution in [0.5, 0.6) is 0 Å². The van der Waals surface area contributed by atoms with Crippen molar-refractivity contribution in [2.24, 2.45) is 10.9 Å². The Hall–Kier alpha value is -2.08. The van der Waals surface area contributed by atoms with E-state index in [1.807, 2.05) is 30.6 Å². The van der Waals surface area contributed by atoms with Crippen LogP contribution in [0.15, 0.2) is 46.9 Å². The molecule has 0 radical (unpaired) electrons. The van der Waals surface area contributed by atoms with Gasteiger partial charge in [-0.05, 0) is 48.8 Å². The lowest BCUT2D eigenvalue weighted by atomic mass is 10.1. The molecule has 0 bridgehead atoms. The summed E-state index contributed by atoms with van der Waals surface area (Å²) in [7, 11) is 1.85. The van der Waals surface area contributed by atoms with Crippen molar-refractivity contribution in [2.45, 2.75) is 32.2 Å². The summed E-state index contributed by atoms with van der Waals surface area (Å²) in [6.45, 7) is 5.27. The molecule has 1 unspecified atom stereocenters. The highest BCUT2D eigenvalue weighted by molar-refractivity contribution is 7.09. The van der Waals surface area contributed by atoms with Gasteiger partial charge in [-0.2, -0.15) is 0 Å². The summed E-state index contributed by atoms with van der Waals surface area (Å²) >= 11 is 1.83. The molecule has 26 heavy (non-hydrogen) atoms. The van der Waals surface area contributed by atoms with Crippen molar-refractivity contribution >= 4 is 23.1 Å². The fourth-order valence-corrected chi connectivity index (χ4v) is 4.17. The van der Waals surface area contributed by atoms with Crippen LogP contribution in [0.3, 0.4) is 0 Å². The number of nitrogens with zero attached hydrogens (tertiary/aromatic N) is 3. The average molecular weight is 372 g/mol. The van der Waals surface area contributed by atoms with E-state index in [2.05, 4.69) is 62.1 Å². The number of thiophene rings is 1. The fourth-order valence-electron chi connectivity index (χ4n) is 3.30. The second-order valence-electron chi connectivity index (χ2n) is 6.94. The minimum absolute atomic E-state index is 0.466. The smallest absolute Gasteiger partial charge is 0.191 e. The summed E-state index contributed by atoms with van der Waals surface area (Å²) in [5.41, 5.74) is 0. The molecule has 1 fully saturated rings. The average Bonchev–Trinajstić information content (AvgIpc) is 3.19. The maximum absolute atomic E-state index is 4.45. The topological polar surface area (TPSA) is 52.6 Å². The monoisotopic (exact) mass is 371 g/mol. The third kappa shape index (κ3) is 5.46. The summed E-state index contributed by atoms with van der Waals surface area (Å²) in [4.78, 5) is 12.7. The summed E-state index contributed by atoms with van der Waals surface area (Å²) in [5, 5.41) is 9.22.